The van der Waals surface area contributed by atoms with Crippen molar-refractivity contribution in [1.82, 2.24) is 9.97 Å². The van der Waals surface area contributed by atoms with Crippen molar-refractivity contribution < 1.29 is 26.3 Å². The number of aromatic amines is 1. The van der Waals surface area contributed by atoms with Gasteiger partial charge < -0.3 is 4.98 Å². The van der Waals surface area contributed by atoms with Crippen LogP contribution in [0.4, 0.5) is 26.3 Å². The average molecular weight is 270 g/mol. The second kappa shape index (κ2) is 3.76. The molecule has 18 heavy (non-hydrogen) atoms. The third kappa shape index (κ3) is 2.23. The standard InChI is InChI=1S/C10H8F6N2/c1-4-17-7-3-5(9(11,12)13)2-6(8(7)18-4)10(14,15)16/h2,5H,3H2,1H3,(H,17,18). The lowest BCUT2D eigenvalue weighted by molar-refractivity contribution is -0.161. The van der Waals surface area contributed by atoms with E-state index >= 15 is 0 Å². The molecule has 0 radical (unpaired) electrons. The summed E-state index contributed by atoms with van der Waals surface area (Å²) >= 11 is 0. The number of H-pyrrole nitrogens is 1. The topological polar surface area (TPSA) is 28.7 Å². The number of nitrogens with zero attached hydrogens (tertiary/aromatic N) is 1. The Morgan fingerprint density at radius 3 is 2.33 bits per heavy atom. The summed E-state index contributed by atoms with van der Waals surface area (Å²) in [4.78, 5) is 6.04. The number of imidazole rings is 1. The van der Waals surface area contributed by atoms with Gasteiger partial charge in [-0.25, -0.2) is 4.98 Å². The van der Waals surface area contributed by atoms with E-state index in [-0.39, 0.29) is 23.3 Å². The summed E-state index contributed by atoms with van der Waals surface area (Å²) in [5.74, 6) is -1.98. The number of hydrogen-bond acceptors (Lipinski definition) is 1. The molecule has 8 heteroatoms. The van der Waals surface area contributed by atoms with E-state index in [1.54, 1.807) is 0 Å². The number of rotatable bonds is 0. The van der Waals surface area contributed by atoms with Crippen LogP contribution in [0.5, 0.6) is 0 Å². The Labute approximate surface area is 97.7 Å². The zero-order chi connectivity index (χ0) is 13.7. The molecule has 0 saturated carbocycles. The molecule has 0 amide bonds. The van der Waals surface area contributed by atoms with E-state index in [1.165, 1.54) is 6.92 Å². The van der Waals surface area contributed by atoms with Gasteiger partial charge in [-0.3, -0.25) is 0 Å². The zero-order valence-electron chi connectivity index (χ0n) is 9.08. The van der Waals surface area contributed by atoms with Crippen molar-refractivity contribution >= 4 is 5.57 Å². The SMILES string of the molecule is Cc1nc2c([nH]1)C(C(F)(F)F)=CC(C(F)(F)F)C2. The van der Waals surface area contributed by atoms with Gasteiger partial charge in [0.05, 0.1) is 22.9 Å². The molecule has 0 aromatic carbocycles. The first-order valence-electron chi connectivity index (χ1n) is 5.00. The Morgan fingerprint density at radius 1 is 1.22 bits per heavy atom. The van der Waals surface area contributed by atoms with Gasteiger partial charge in [-0.15, -0.1) is 0 Å². The minimum atomic E-state index is -4.84. The number of hydrogen-bond donors (Lipinski definition) is 1. The molecule has 0 aliphatic heterocycles. The van der Waals surface area contributed by atoms with Crippen molar-refractivity contribution in [2.75, 3.05) is 0 Å². The Hall–Kier alpha value is -1.47. The first-order valence-corrected chi connectivity index (χ1v) is 5.00. The maximum Gasteiger partial charge on any atom is 0.418 e. The van der Waals surface area contributed by atoms with Crippen LogP contribution in [0.2, 0.25) is 0 Å². The summed E-state index contributed by atoms with van der Waals surface area (Å²) in [6.45, 7) is 1.40. The monoisotopic (exact) mass is 270 g/mol. The van der Waals surface area contributed by atoms with Crippen LogP contribution in [0.1, 0.15) is 17.2 Å². The van der Waals surface area contributed by atoms with Crippen LogP contribution in [-0.2, 0) is 6.42 Å². The third-order valence-electron chi connectivity index (χ3n) is 2.67. The van der Waals surface area contributed by atoms with Gasteiger partial charge in [-0.1, -0.05) is 6.08 Å². The molecule has 1 aliphatic rings. The lowest BCUT2D eigenvalue weighted by atomic mass is 9.90. The van der Waals surface area contributed by atoms with Crippen molar-refractivity contribution in [2.24, 2.45) is 5.92 Å². The van der Waals surface area contributed by atoms with Crippen molar-refractivity contribution in [3.8, 4) is 0 Å². The van der Waals surface area contributed by atoms with E-state index in [9.17, 15) is 26.3 Å². The van der Waals surface area contributed by atoms with Gasteiger partial charge in [0.15, 0.2) is 0 Å². The Balaban J connectivity index is 2.53. The molecule has 2 nitrogen and oxygen atoms in total. The number of alkyl halides is 6. The van der Waals surface area contributed by atoms with E-state index in [4.69, 9.17) is 0 Å². The molecule has 1 aromatic heterocycles. The van der Waals surface area contributed by atoms with E-state index < -0.39 is 30.3 Å². The summed E-state index contributed by atoms with van der Waals surface area (Å²) in [5.41, 5.74) is -1.85. The highest BCUT2D eigenvalue weighted by molar-refractivity contribution is 5.71. The van der Waals surface area contributed by atoms with Crippen molar-refractivity contribution in [3.05, 3.63) is 23.3 Å². The summed E-state index contributed by atoms with van der Waals surface area (Å²) in [5, 5.41) is 0. The molecule has 0 spiro atoms. The van der Waals surface area contributed by atoms with Gasteiger partial charge in [0.25, 0.3) is 0 Å². The van der Waals surface area contributed by atoms with Crippen molar-refractivity contribution in [1.29, 1.82) is 0 Å². The first kappa shape index (κ1) is 13.0. The van der Waals surface area contributed by atoms with E-state index in [1.807, 2.05) is 0 Å². The second-order valence-corrected chi connectivity index (χ2v) is 4.07. The minimum absolute atomic E-state index is 0.165. The highest BCUT2D eigenvalue weighted by Crippen LogP contribution is 2.43. The molecular formula is C10H8F6N2. The van der Waals surface area contributed by atoms with E-state index in [0.29, 0.717) is 0 Å². The summed E-state index contributed by atoms with van der Waals surface area (Å²) < 4.78 is 75.8. The molecule has 1 aliphatic carbocycles. The van der Waals surface area contributed by atoms with Gasteiger partial charge >= 0.3 is 12.4 Å². The molecular weight excluding hydrogens is 262 g/mol. The molecule has 1 N–H and O–H groups in total. The van der Waals surface area contributed by atoms with Crippen LogP contribution in [0.15, 0.2) is 6.08 Å². The molecule has 0 bridgehead atoms. The number of halogens is 6. The van der Waals surface area contributed by atoms with Crippen LogP contribution >= 0.6 is 0 Å². The van der Waals surface area contributed by atoms with Crippen LogP contribution in [-0.4, -0.2) is 22.3 Å². The van der Waals surface area contributed by atoms with Gasteiger partial charge in [0, 0.05) is 6.42 Å². The lowest BCUT2D eigenvalue weighted by Crippen LogP contribution is -2.28. The molecule has 0 saturated heterocycles. The van der Waals surface area contributed by atoms with Gasteiger partial charge in [-0.05, 0) is 6.92 Å². The van der Waals surface area contributed by atoms with Gasteiger partial charge in [0.2, 0.25) is 0 Å². The smallest absolute Gasteiger partial charge is 0.342 e. The molecule has 0 fully saturated rings. The number of allylic oxidation sites excluding steroid dienone is 2. The number of fused-ring (bicyclic) bond motifs is 1. The molecule has 100 valence electrons. The molecule has 1 aromatic rings. The van der Waals surface area contributed by atoms with Gasteiger partial charge in [0.1, 0.15) is 5.82 Å². The quantitative estimate of drug-likeness (QED) is 0.719. The highest BCUT2D eigenvalue weighted by atomic mass is 19.4. The summed E-state index contributed by atoms with van der Waals surface area (Å²) in [6, 6.07) is 0. The van der Waals surface area contributed by atoms with Crippen LogP contribution in [0.25, 0.3) is 5.57 Å². The molecule has 2 rings (SSSR count). The Kier molecular flexibility index (Phi) is 2.71. The number of aryl methyl sites for hydroxylation is 1. The molecule has 1 heterocycles. The fourth-order valence-electron chi connectivity index (χ4n) is 1.91. The normalized spacial score (nSPS) is 20.6. The predicted molar refractivity (Wildman–Crippen MR) is 50.6 cm³/mol. The van der Waals surface area contributed by atoms with Crippen LogP contribution < -0.4 is 0 Å². The van der Waals surface area contributed by atoms with Gasteiger partial charge in [-0.2, -0.15) is 26.3 Å². The lowest BCUT2D eigenvalue weighted by Gasteiger charge is -2.23. The second-order valence-electron chi connectivity index (χ2n) is 4.07. The Bertz CT molecular complexity index is 493. The predicted octanol–water partition coefficient (Wildman–Crippen LogP) is 3.40. The maximum absolute atomic E-state index is 12.7. The molecule has 1 atom stereocenters. The highest BCUT2D eigenvalue weighted by Gasteiger charge is 2.47. The van der Waals surface area contributed by atoms with Crippen LogP contribution in [0.3, 0.4) is 0 Å². The van der Waals surface area contributed by atoms with Crippen molar-refractivity contribution in [3.63, 3.8) is 0 Å². The number of nitrogens with one attached hydrogen (secondary N) is 1. The van der Waals surface area contributed by atoms with Crippen LogP contribution in [0, 0.1) is 12.8 Å². The minimum Gasteiger partial charge on any atom is -0.342 e. The van der Waals surface area contributed by atoms with Crippen molar-refractivity contribution in [2.45, 2.75) is 25.7 Å². The fourth-order valence-corrected chi connectivity index (χ4v) is 1.91. The van der Waals surface area contributed by atoms with E-state index in [2.05, 4.69) is 9.97 Å². The molecule has 1 unspecified atom stereocenters. The fraction of sp³-hybridized carbons (Fsp3) is 0.500. The van der Waals surface area contributed by atoms with E-state index in [0.717, 1.165) is 0 Å². The third-order valence-corrected chi connectivity index (χ3v) is 2.67. The Morgan fingerprint density at radius 2 is 1.83 bits per heavy atom. The summed E-state index contributed by atoms with van der Waals surface area (Å²) in [6.07, 6.45) is -9.89. The summed E-state index contributed by atoms with van der Waals surface area (Å²) in [7, 11) is 0. The largest absolute Gasteiger partial charge is 0.418 e. The maximum atomic E-state index is 12.7. The number of aromatic nitrogens is 2. The zero-order valence-corrected chi connectivity index (χ0v) is 9.08. The average Bonchev–Trinajstić information content (AvgIpc) is 2.52. The first-order chi connectivity index (χ1) is 8.09.